The zero-order chi connectivity index (χ0) is 14.7. The highest BCUT2D eigenvalue weighted by atomic mass is 16.2. The van der Waals surface area contributed by atoms with Crippen LogP contribution in [0.15, 0.2) is 6.20 Å². The van der Waals surface area contributed by atoms with E-state index in [9.17, 15) is 4.79 Å². The fourth-order valence-corrected chi connectivity index (χ4v) is 3.66. The first-order valence-corrected chi connectivity index (χ1v) is 8.26. The van der Waals surface area contributed by atoms with Crippen LogP contribution < -0.4 is 5.32 Å². The predicted molar refractivity (Wildman–Crippen MR) is 82.2 cm³/mol. The minimum atomic E-state index is -0.0841. The highest BCUT2D eigenvalue weighted by molar-refractivity contribution is 5.90. The van der Waals surface area contributed by atoms with Crippen LogP contribution in [0.3, 0.4) is 0 Å². The second-order valence-electron chi connectivity index (χ2n) is 6.57. The molecule has 5 nitrogen and oxygen atoms in total. The molecule has 1 aliphatic heterocycles. The Labute approximate surface area is 126 Å². The van der Waals surface area contributed by atoms with Crippen LogP contribution in [0.25, 0.3) is 0 Å². The highest BCUT2D eigenvalue weighted by Crippen LogP contribution is 2.27. The molecule has 0 unspecified atom stereocenters. The van der Waals surface area contributed by atoms with Gasteiger partial charge in [0.25, 0.3) is 5.91 Å². The van der Waals surface area contributed by atoms with Crippen LogP contribution in [0.4, 0.5) is 0 Å². The number of nitrogens with one attached hydrogen (secondary N) is 2. The summed E-state index contributed by atoms with van der Waals surface area (Å²) in [6.07, 6.45) is 9.81. The maximum atomic E-state index is 12.0. The van der Waals surface area contributed by atoms with Crippen LogP contribution in [-0.2, 0) is 0 Å². The van der Waals surface area contributed by atoms with Crippen molar-refractivity contribution in [3.05, 3.63) is 17.7 Å². The van der Waals surface area contributed by atoms with Gasteiger partial charge >= 0.3 is 0 Å². The molecular weight excluding hydrogens is 264 g/mol. The number of carbonyl (C=O) groups excluding carboxylic acids is 1. The van der Waals surface area contributed by atoms with Crippen molar-refractivity contribution in [2.24, 2.45) is 5.92 Å². The van der Waals surface area contributed by atoms with Crippen molar-refractivity contribution in [2.45, 2.75) is 51.5 Å². The number of nitrogens with zero attached hydrogens (tertiary/aromatic N) is 2. The molecular formula is C16H26N4O. The molecule has 21 heavy (non-hydrogen) atoms. The van der Waals surface area contributed by atoms with E-state index in [0.717, 1.165) is 24.8 Å². The number of hydrogen-bond donors (Lipinski definition) is 2. The summed E-state index contributed by atoms with van der Waals surface area (Å²) in [7, 11) is 0. The zero-order valence-electron chi connectivity index (χ0n) is 12.9. The lowest BCUT2D eigenvalue weighted by Crippen LogP contribution is -2.36. The number of aromatic amines is 1. The number of rotatable bonds is 4. The molecule has 0 spiro atoms. The monoisotopic (exact) mass is 290 g/mol. The van der Waals surface area contributed by atoms with E-state index in [4.69, 9.17) is 0 Å². The van der Waals surface area contributed by atoms with E-state index in [2.05, 4.69) is 20.2 Å². The lowest BCUT2D eigenvalue weighted by Gasteiger charge is -2.31. The van der Waals surface area contributed by atoms with E-state index < -0.39 is 0 Å². The van der Waals surface area contributed by atoms with Crippen molar-refractivity contribution in [1.29, 1.82) is 0 Å². The summed E-state index contributed by atoms with van der Waals surface area (Å²) in [5.74, 6) is 0.931. The second kappa shape index (κ2) is 6.60. The number of imidazole rings is 1. The number of carbonyl (C=O) groups is 1. The SMILES string of the molecule is Cc1cnc(C(=O)NC[C@H]2CCN(C3CCCCC3)C2)[nH]1. The van der Waals surface area contributed by atoms with Crippen LogP contribution >= 0.6 is 0 Å². The fourth-order valence-electron chi connectivity index (χ4n) is 3.66. The molecule has 1 saturated carbocycles. The molecule has 1 aromatic heterocycles. The first-order chi connectivity index (χ1) is 10.2. The number of amides is 1. The summed E-state index contributed by atoms with van der Waals surface area (Å²) in [5, 5.41) is 3.02. The number of aryl methyl sites for hydroxylation is 1. The quantitative estimate of drug-likeness (QED) is 0.892. The predicted octanol–water partition coefficient (Wildman–Crippen LogP) is 2.10. The van der Waals surface area contributed by atoms with Gasteiger partial charge in [-0.05, 0) is 38.6 Å². The summed E-state index contributed by atoms with van der Waals surface area (Å²) >= 11 is 0. The molecule has 1 amide bonds. The van der Waals surface area contributed by atoms with E-state index in [1.165, 1.54) is 45.1 Å². The first kappa shape index (κ1) is 14.6. The van der Waals surface area contributed by atoms with Gasteiger partial charge in [-0.15, -0.1) is 0 Å². The van der Waals surface area contributed by atoms with Gasteiger partial charge in [-0.3, -0.25) is 4.79 Å². The summed E-state index contributed by atoms with van der Waals surface area (Å²) in [5.41, 5.74) is 0.921. The normalized spacial score (nSPS) is 24.3. The maximum absolute atomic E-state index is 12.0. The molecule has 2 N–H and O–H groups in total. The molecule has 0 aromatic carbocycles. The standard InChI is InChI=1S/C16H26N4O/c1-12-9-17-15(19-12)16(21)18-10-13-7-8-20(11-13)14-5-3-2-4-6-14/h9,13-14H,2-8,10-11H2,1H3,(H,17,19)(H,18,21)/t13-/m1/s1. The van der Waals surface area contributed by atoms with E-state index in [1.807, 2.05) is 6.92 Å². The van der Waals surface area contributed by atoms with Gasteiger partial charge in [0.2, 0.25) is 0 Å². The molecule has 1 aromatic rings. The Morgan fingerprint density at radius 3 is 2.90 bits per heavy atom. The zero-order valence-corrected chi connectivity index (χ0v) is 12.9. The maximum Gasteiger partial charge on any atom is 0.287 e. The molecule has 1 aliphatic carbocycles. The molecule has 2 aliphatic rings. The Hall–Kier alpha value is -1.36. The van der Waals surface area contributed by atoms with Crippen LogP contribution in [0.1, 0.15) is 54.8 Å². The average molecular weight is 290 g/mol. The van der Waals surface area contributed by atoms with E-state index in [1.54, 1.807) is 6.20 Å². The minimum Gasteiger partial charge on any atom is -0.349 e. The van der Waals surface area contributed by atoms with E-state index in [0.29, 0.717) is 11.7 Å². The molecule has 1 atom stereocenters. The second-order valence-corrected chi connectivity index (χ2v) is 6.57. The topological polar surface area (TPSA) is 61.0 Å². The molecule has 5 heteroatoms. The fraction of sp³-hybridized carbons (Fsp3) is 0.750. The molecule has 2 fully saturated rings. The van der Waals surface area contributed by atoms with Gasteiger partial charge in [0.15, 0.2) is 5.82 Å². The van der Waals surface area contributed by atoms with Crippen molar-refractivity contribution in [1.82, 2.24) is 20.2 Å². The Balaban J connectivity index is 1.43. The smallest absolute Gasteiger partial charge is 0.287 e. The van der Waals surface area contributed by atoms with Gasteiger partial charge in [0, 0.05) is 31.0 Å². The van der Waals surface area contributed by atoms with Gasteiger partial charge in [0.05, 0.1) is 0 Å². The molecule has 0 radical (unpaired) electrons. The Kier molecular flexibility index (Phi) is 4.58. The van der Waals surface area contributed by atoms with Crippen LogP contribution in [0, 0.1) is 12.8 Å². The van der Waals surface area contributed by atoms with Crippen LogP contribution in [0.5, 0.6) is 0 Å². The van der Waals surface area contributed by atoms with Crippen molar-refractivity contribution >= 4 is 5.91 Å². The Morgan fingerprint density at radius 2 is 2.19 bits per heavy atom. The number of H-pyrrole nitrogens is 1. The van der Waals surface area contributed by atoms with Gasteiger partial charge < -0.3 is 15.2 Å². The van der Waals surface area contributed by atoms with Gasteiger partial charge in [-0.25, -0.2) is 4.98 Å². The van der Waals surface area contributed by atoms with E-state index >= 15 is 0 Å². The highest BCUT2D eigenvalue weighted by Gasteiger charge is 2.29. The van der Waals surface area contributed by atoms with Gasteiger partial charge in [-0.1, -0.05) is 19.3 Å². The summed E-state index contributed by atoms with van der Waals surface area (Å²) in [4.78, 5) is 21.7. The molecule has 1 saturated heterocycles. The summed E-state index contributed by atoms with van der Waals surface area (Å²) < 4.78 is 0. The van der Waals surface area contributed by atoms with Gasteiger partial charge in [0.1, 0.15) is 0 Å². The number of aromatic nitrogens is 2. The van der Waals surface area contributed by atoms with E-state index in [-0.39, 0.29) is 5.91 Å². The van der Waals surface area contributed by atoms with Gasteiger partial charge in [-0.2, -0.15) is 0 Å². The molecule has 3 rings (SSSR count). The van der Waals surface area contributed by atoms with Crippen molar-refractivity contribution in [2.75, 3.05) is 19.6 Å². The van der Waals surface area contributed by atoms with Crippen molar-refractivity contribution in [3.8, 4) is 0 Å². The summed E-state index contributed by atoms with van der Waals surface area (Å²) in [6.45, 7) is 5.01. The van der Waals surface area contributed by atoms with Crippen LogP contribution in [0.2, 0.25) is 0 Å². The minimum absolute atomic E-state index is 0.0841. The lowest BCUT2D eigenvalue weighted by molar-refractivity contribution is 0.0937. The third-order valence-corrected chi connectivity index (χ3v) is 4.88. The third kappa shape index (κ3) is 3.64. The Morgan fingerprint density at radius 1 is 1.38 bits per heavy atom. The lowest BCUT2D eigenvalue weighted by atomic mass is 9.94. The van der Waals surface area contributed by atoms with Crippen LogP contribution in [-0.4, -0.2) is 46.5 Å². The number of likely N-dealkylation sites (tertiary alicyclic amines) is 1. The Bertz CT molecular complexity index is 478. The molecule has 0 bridgehead atoms. The van der Waals surface area contributed by atoms with Crippen molar-refractivity contribution in [3.63, 3.8) is 0 Å². The average Bonchev–Trinajstić information content (AvgIpc) is 3.15. The molecule has 2 heterocycles. The van der Waals surface area contributed by atoms with Crippen molar-refractivity contribution < 1.29 is 4.79 Å². The largest absolute Gasteiger partial charge is 0.349 e. The third-order valence-electron chi connectivity index (χ3n) is 4.88. The summed E-state index contributed by atoms with van der Waals surface area (Å²) in [6, 6.07) is 0.798. The molecule has 116 valence electrons. The number of hydrogen-bond acceptors (Lipinski definition) is 3. The first-order valence-electron chi connectivity index (χ1n) is 8.26.